The summed E-state index contributed by atoms with van der Waals surface area (Å²) in [6, 6.07) is 14.2. The Morgan fingerprint density at radius 1 is 1.22 bits per heavy atom. The highest BCUT2D eigenvalue weighted by molar-refractivity contribution is 6.13. The Hall–Kier alpha value is -3.13. The van der Waals surface area contributed by atoms with E-state index in [-0.39, 0.29) is 11.8 Å². The largest absolute Gasteiger partial charge is 0.345 e. The van der Waals surface area contributed by atoms with Crippen LogP contribution in [-0.4, -0.2) is 30.8 Å². The molecule has 1 heterocycles. The van der Waals surface area contributed by atoms with Crippen LogP contribution in [-0.2, 0) is 6.54 Å². The van der Waals surface area contributed by atoms with E-state index in [1.54, 1.807) is 61.5 Å². The normalized spacial score (nSPS) is 12.7. The summed E-state index contributed by atoms with van der Waals surface area (Å²) in [4.78, 5) is 28.1. The Bertz CT molecular complexity index is 850. The molecule has 23 heavy (non-hydrogen) atoms. The fraction of sp³-hybridized carbons (Fsp3) is 0.167. The number of nitriles is 1. The third kappa shape index (κ3) is 2.44. The van der Waals surface area contributed by atoms with E-state index in [4.69, 9.17) is 5.26 Å². The molecule has 0 radical (unpaired) electrons. The Morgan fingerprint density at radius 3 is 2.65 bits per heavy atom. The maximum absolute atomic E-state index is 12.7. The predicted molar refractivity (Wildman–Crippen MR) is 86.1 cm³/mol. The first-order valence-electron chi connectivity index (χ1n) is 7.18. The van der Waals surface area contributed by atoms with Crippen LogP contribution in [0, 0.1) is 11.3 Å². The van der Waals surface area contributed by atoms with Crippen LogP contribution in [0.5, 0.6) is 0 Å². The topological polar surface area (TPSA) is 64.4 Å². The van der Waals surface area contributed by atoms with E-state index in [9.17, 15) is 9.59 Å². The third-order valence-corrected chi connectivity index (χ3v) is 3.87. The average molecular weight is 305 g/mol. The molecular formula is C18H15N3O2. The molecule has 2 amide bonds. The first kappa shape index (κ1) is 14.8. The molecular weight excluding hydrogens is 290 g/mol. The van der Waals surface area contributed by atoms with Gasteiger partial charge in [-0.1, -0.05) is 18.2 Å². The molecule has 3 rings (SSSR count). The van der Waals surface area contributed by atoms with Crippen LogP contribution in [0.2, 0.25) is 0 Å². The molecule has 0 fully saturated rings. The van der Waals surface area contributed by atoms with Crippen LogP contribution in [0.15, 0.2) is 42.5 Å². The number of fused-ring (bicyclic) bond motifs is 1. The molecule has 5 nitrogen and oxygen atoms in total. The van der Waals surface area contributed by atoms with Gasteiger partial charge >= 0.3 is 0 Å². The van der Waals surface area contributed by atoms with Gasteiger partial charge in [-0.15, -0.1) is 0 Å². The second-order valence-electron chi connectivity index (χ2n) is 5.59. The molecule has 1 aliphatic heterocycles. The van der Waals surface area contributed by atoms with Gasteiger partial charge in [-0.3, -0.25) is 9.59 Å². The zero-order valence-corrected chi connectivity index (χ0v) is 12.9. The molecule has 0 bridgehead atoms. The second-order valence-corrected chi connectivity index (χ2v) is 5.59. The molecule has 0 aliphatic carbocycles. The molecule has 0 saturated carbocycles. The smallest absolute Gasteiger partial charge is 0.258 e. The predicted octanol–water partition coefficient (Wildman–Crippen LogP) is 2.42. The van der Waals surface area contributed by atoms with Gasteiger partial charge in [-0.25, -0.2) is 0 Å². The Morgan fingerprint density at radius 2 is 1.96 bits per heavy atom. The summed E-state index contributed by atoms with van der Waals surface area (Å²) in [5.74, 6) is -0.335. The molecule has 114 valence electrons. The van der Waals surface area contributed by atoms with E-state index in [2.05, 4.69) is 0 Å². The number of hydrogen-bond acceptors (Lipinski definition) is 3. The number of benzene rings is 2. The zero-order chi connectivity index (χ0) is 16.6. The fourth-order valence-electron chi connectivity index (χ4n) is 2.70. The number of amides is 2. The summed E-state index contributed by atoms with van der Waals surface area (Å²) >= 11 is 0. The molecule has 5 heteroatoms. The van der Waals surface area contributed by atoms with E-state index >= 15 is 0 Å². The second kappa shape index (κ2) is 5.58. The maximum atomic E-state index is 12.7. The summed E-state index contributed by atoms with van der Waals surface area (Å²) in [5.41, 5.74) is 2.92. The Labute approximate surface area is 134 Å². The van der Waals surface area contributed by atoms with Crippen molar-refractivity contribution in [3.8, 4) is 6.07 Å². The standard InChI is InChI=1S/C18H15N3O2/c1-20(2)17(22)14-5-3-4-6-16(14)21-11-13-8-7-12(10-19)9-15(13)18(21)23/h3-9H,11H2,1-2H3. The number of rotatable bonds is 2. The molecule has 2 aromatic rings. The van der Waals surface area contributed by atoms with Gasteiger partial charge in [-0.2, -0.15) is 5.26 Å². The van der Waals surface area contributed by atoms with E-state index in [1.807, 2.05) is 6.07 Å². The van der Waals surface area contributed by atoms with Crippen molar-refractivity contribution in [1.82, 2.24) is 4.90 Å². The molecule has 0 N–H and O–H groups in total. The average Bonchev–Trinajstić information content (AvgIpc) is 2.90. The van der Waals surface area contributed by atoms with E-state index in [0.717, 1.165) is 5.56 Å². The summed E-state index contributed by atoms with van der Waals surface area (Å²) in [6.07, 6.45) is 0. The lowest BCUT2D eigenvalue weighted by Gasteiger charge is -2.21. The van der Waals surface area contributed by atoms with Gasteiger partial charge in [0.15, 0.2) is 0 Å². The molecule has 0 atom stereocenters. The number of para-hydroxylation sites is 1. The lowest BCUT2D eigenvalue weighted by atomic mass is 10.1. The molecule has 0 saturated heterocycles. The van der Waals surface area contributed by atoms with Gasteiger partial charge in [0, 0.05) is 19.7 Å². The van der Waals surface area contributed by atoms with E-state index in [1.165, 1.54) is 4.90 Å². The zero-order valence-electron chi connectivity index (χ0n) is 12.9. The molecule has 0 spiro atoms. The molecule has 1 aliphatic rings. The van der Waals surface area contributed by atoms with Crippen molar-refractivity contribution >= 4 is 17.5 Å². The number of hydrogen-bond donors (Lipinski definition) is 0. The summed E-state index contributed by atoms with van der Waals surface area (Å²) in [7, 11) is 3.36. The van der Waals surface area contributed by atoms with Crippen molar-refractivity contribution in [2.45, 2.75) is 6.54 Å². The van der Waals surface area contributed by atoms with Gasteiger partial charge in [0.25, 0.3) is 11.8 Å². The maximum Gasteiger partial charge on any atom is 0.258 e. The third-order valence-electron chi connectivity index (χ3n) is 3.87. The first-order chi connectivity index (χ1) is 11.0. The van der Waals surface area contributed by atoms with Crippen LogP contribution in [0.25, 0.3) is 0 Å². The van der Waals surface area contributed by atoms with Crippen LogP contribution in [0.1, 0.15) is 31.8 Å². The highest BCUT2D eigenvalue weighted by Crippen LogP contribution is 2.31. The molecule has 0 unspecified atom stereocenters. The van der Waals surface area contributed by atoms with Crippen molar-refractivity contribution in [2.75, 3.05) is 19.0 Å². The number of anilines is 1. The fourth-order valence-corrected chi connectivity index (χ4v) is 2.70. The van der Waals surface area contributed by atoms with Gasteiger partial charge < -0.3 is 9.80 Å². The lowest BCUT2D eigenvalue weighted by Crippen LogP contribution is -2.28. The number of carbonyl (C=O) groups is 2. The van der Waals surface area contributed by atoms with Crippen molar-refractivity contribution in [2.24, 2.45) is 0 Å². The van der Waals surface area contributed by atoms with Crippen LogP contribution in [0.3, 0.4) is 0 Å². The van der Waals surface area contributed by atoms with Crippen LogP contribution in [0.4, 0.5) is 5.69 Å². The van der Waals surface area contributed by atoms with Gasteiger partial charge in [0.2, 0.25) is 0 Å². The number of carbonyl (C=O) groups excluding carboxylic acids is 2. The van der Waals surface area contributed by atoms with E-state index < -0.39 is 0 Å². The highest BCUT2D eigenvalue weighted by atomic mass is 16.2. The Balaban J connectivity index is 2.04. The highest BCUT2D eigenvalue weighted by Gasteiger charge is 2.31. The van der Waals surface area contributed by atoms with Crippen molar-refractivity contribution < 1.29 is 9.59 Å². The minimum atomic E-state index is -0.184. The van der Waals surface area contributed by atoms with Crippen LogP contribution >= 0.6 is 0 Å². The summed E-state index contributed by atoms with van der Waals surface area (Å²) < 4.78 is 0. The van der Waals surface area contributed by atoms with Gasteiger partial charge in [0.05, 0.1) is 29.4 Å². The van der Waals surface area contributed by atoms with Crippen molar-refractivity contribution in [3.05, 3.63) is 64.7 Å². The first-order valence-corrected chi connectivity index (χ1v) is 7.18. The number of nitrogens with zero attached hydrogens (tertiary/aromatic N) is 3. The van der Waals surface area contributed by atoms with E-state index in [0.29, 0.717) is 28.9 Å². The lowest BCUT2D eigenvalue weighted by molar-refractivity contribution is 0.0828. The molecule has 2 aromatic carbocycles. The monoisotopic (exact) mass is 305 g/mol. The van der Waals surface area contributed by atoms with Crippen molar-refractivity contribution in [1.29, 1.82) is 5.26 Å². The minimum absolute atomic E-state index is 0.151. The summed E-state index contributed by atoms with van der Waals surface area (Å²) in [5, 5.41) is 8.99. The summed E-state index contributed by atoms with van der Waals surface area (Å²) in [6.45, 7) is 0.400. The minimum Gasteiger partial charge on any atom is -0.345 e. The van der Waals surface area contributed by atoms with Gasteiger partial charge in [-0.05, 0) is 29.8 Å². The Kier molecular flexibility index (Phi) is 3.59. The quantitative estimate of drug-likeness (QED) is 0.856. The van der Waals surface area contributed by atoms with Crippen molar-refractivity contribution in [3.63, 3.8) is 0 Å². The SMILES string of the molecule is CN(C)C(=O)c1ccccc1N1Cc2ccc(C#N)cc2C1=O. The molecule has 0 aromatic heterocycles. The van der Waals surface area contributed by atoms with Gasteiger partial charge in [0.1, 0.15) is 0 Å². The van der Waals surface area contributed by atoms with Crippen LogP contribution < -0.4 is 4.90 Å².